The van der Waals surface area contributed by atoms with Gasteiger partial charge in [-0.05, 0) is 30.7 Å². The monoisotopic (exact) mass is 323 g/mol. The van der Waals surface area contributed by atoms with Crippen molar-refractivity contribution in [3.63, 3.8) is 0 Å². The second-order valence-corrected chi connectivity index (χ2v) is 5.64. The van der Waals surface area contributed by atoms with Crippen LogP contribution in [0.2, 0.25) is 0 Å². The van der Waals surface area contributed by atoms with E-state index in [1.807, 2.05) is 37.3 Å². The molecule has 0 saturated carbocycles. The summed E-state index contributed by atoms with van der Waals surface area (Å²) in [6.07, 6.45) is 0. The molecule has 5 heteroatoms. The third kappa shape index (κ3) is 2.74. The first-order valence-corrected chi connectivity index (χ1v) is 7.69. The van der Waals surface area contributed by atoms with Crippen molar-refractivity contribution in [2.24, 2.45) is 5.73 Å². The molecule has 122 valence electrons. The molecule has 0 bridgehead atoms. The Bertz CT molecular complexity index is 907. The number of amides is 1. The fourth-order valence-corrected chi connectivity index (χ4v) is 2.84. The van der Waals surface area contributed by atoms with Gasteiger partial charge in [0.05, 0.1) is 16.8 Å². The van der Waals surface area contributed by atoms with Crippen LogP contribution in [0.3, 0.4) is 0 Å². The molecule has 1 unspecified atom stereocenters. The van der Waals surface area contributed by atoms with E-state index in [4.69, 9.17) is 5.73 Å². The fourth-order valence-electron chi connectivity index (χ4n) is 2.84. The van der Waals surface area contributed by atoms with E-state index < -0.39 is 5.82 Å². The maximum atomic E-state index is 13.8. The average molecular weight is 323 g/mol. The van der Waals surface area contributed by atoms with E-state index >= 15 is 0 Å². The highest BCUT2D eigenvalue weighted by Crippen LogP contribution is 2.34. The summed E-state index contributed by atoms with van der Waals surface area (Å²) in [7, 11) is 1.55. The van der Waals surface area contributed by atoms with Crippen molar-refractivity contribution in [1.82, 2.24) is 10.3 Å². The normalized spacial score (nSPS) is 12.2. The molecule has 1 amide bonds. The predicted molar refractivity (Wildman–Crippen MR) is 93.1 cm³/mol. The van der Waals surface area contributed by atoms with Crippen molar-refractivity contribution >= 4 is 16.8 Å². The minimum Gasteiger partial charge on any atom is -0.355 e. The number of rotatable bonds is 3. The Morgan fingerprint density at radius 1 is 1.21 bits per heavy atom. The second kappa shape index (κ2) is 6.37. The SMILES string of the molecule is CNC(=O)c1c(-c2ccccc2)c(C(C)N)nc2ccc(F)cc12. The molecule has 0 saturated heterocycles. The van der Waals surface area contributed by atoms with E-state index in [1.54, 1.807) is 13.1 Å². The summed E-state index contributed by atoms with van der Waals surface area (Å²) in [6, 6.07) is 13.3. The second-order valence-electron chi connectivity index (χ2n) is 5.64. The van der Waals surface area contributed by atoms with E-state index in [-0.39, 0.29) is 11.9 Å². The Kier molecular flexibility index (Phi) is 4.27. The van der Waals surface area contributed by atoms with E-state index in [2.05, 4.69) is 10.3 Å². The first-order chi connectivity index (χ1) is 11.5. The summed E-state index contributed by atoms with van der Waals surface area (Å²) in [5, 5.41) is 3.11. The molecule has 1 atom stereocenters. The lowest BCUT2D eigenvalue weighted by molar-refractivity contribution is 0.0965. The van der Waals surface area contributed by atoms with Gasteiger partial charge < -0.3 is 11.1 Å². The maximum absolute atomic E-state index is 13.8. The molecule has 0 radical (unpaired) electrons. The Morgan fingerprint density at radius 2 is 1.92 bits per heavy atom. The molecule has 24 heavy (non-hydrogen) atoms. The van der Waals surface area contributed by atoms with Crippen LogP contribution in [0.25, 0.3) is 22.0 Å². The van der Waals surface area contributed by atoms with Crippen LogP contribution in [0.5, 0.6) is 0 Å². The van der Waals surface area contributed by atoms with Crippen LogP contribution in [-0.2, 0) is 0 Å². The number of carbonyl (C=O) groups is 1. The Labute approximate surface area is 139 Å². The summed E-state index contributed by atoms with van der Waals surface area (Å²) < 4.78 is 13.8. The van der Waals surface area contributed by atoms with Gasteiger partial charge >= 0.3 is 0 Å². The van der Waals surface area contributed by atoms with Gasteiger partial charge in [0.15, 0.2) is 0 Å². The highest BCUT2D eigenvalue weighted by atomic mass is 19.1. The number of hydrogen-bond donors (Lipinski definition) is 2. The third-order valence-corrected chi connectivity index (χ3v) is 3.92. The molecule has 4 nitrogen and oxygen atoms in total. The van der Waals surface area contributed by atoms with E-state index in [0.717, 1.165) is 5.56 Å². The first kappa shape index (κ1) is 16.1. The van der Waals surface area contributed by atoms with Crippen LogP contribution in [0, 0.1) is 5.82 Å². The third-order valence-electron chi connectivity index (χ3n) is 3.92. The van der Waals surface area contributed by atoms with E-state index in [1.165, 1.54) is 12.1 Å². The van der Waals surface area contributed by atoms with Gasteiger partial charge in [-0.3, -0.25) is 9.78 Å². The summed E-state index contributed by atoms with van der Waals surface area (Å²) in [5.74, 6) is -0.712. The molecule has 3 rings (SSSR count). The lowest BCUT2D eigenvalue weighted by atomic mass is 9.92. The van der Waals surface area contributed by atoms with Gasteiger partial charge in [-0.15, -0.1) is 0 Å². The number of aromatic nitrogens is 1. The van der Waals surface area contributed by atoms with Crippen LogP contribution in [0.4, 0.5) is 4.39 Å². The lowest BCUT2D eigenvalue weighted by Crippen LogP contribution is -2.22. The van der Waals surface area contributed by atoms with Crippen molar-refractivity contribution in [2.75, 3.05) is 7.05 Å². The highest BCUT2D eigenvalue weighted by molar-refractivity contribution is 6.12. The molecule has 1 aromatic heterocycles. The molecule has 2 aromatic carbocycles. The largest absolute Gasteiger partial charge is 0.355 e. The van der Waals surface area contributed by atoms with Crippen molar-refractivity contribution in [3.05, 3.63) is 65.6 Å². The molecule has 0 aliphatic rings. The zero-order valence-electron chi connectivity index (χ0n) is 13.5. The number of nitrogens with zero attached hydrogens (tertiary/aromatic N) is 1. The van der Waals surface area contributed by atoms with Gasteiger partial charge in [0, 0.05) is 24.0 Å². The van der Waals surface area contributed by atoms with Crippen LogP contribution in [0.1, 0.15) is 29.0 Å². The standard InChI is InChI=1S/C19H18FN3O/c1-11(21)18-16(12-6-4-3-5-7-12)17(19(24)22-2)14-10-13(20)8-9-15(14)23-18/h3-11H,21H2,1-2H3,(H,22,24). The molecular weight excluding hydrogens is 305 g/mol. The maximum Gasteiger partial charge on any atom is 0.252 e. The number of fused-ring (bicyclic) bond motifs is 1. The molecule has 0 aliphatic carbocycles. The summed E-state index contributed by atoms with van der Waals surface area (Å²) >= 11 is 0. The van der Waals surface area contributed by atoms with Crippen molar-refractivity contribution in [2.45, 2.75) is 13.0 Å². The minimum absolute atomic E-state index is 0.297. The van der Waals surface area contributed by atoms with Crippen molar-refractivity contribution in [3.8, 4) is 11.1 Å². The van der Waals surface area contributed by atoms with Gasteiger partial charge in [-0.2, -0.15) is 0 Å². The van der Waals surface area contributed by atoms with Gasteiger partial charge in [0.1, 0.15) is 5.82 Å². The quantitative estimate of drug-likeness (QED) is 0.776. The summed E-state index contributed by atoms with van der Waals surface area (Å²) in [4.78, 5) is 17.2. The molecular formula is C19H18FN3O. The first-order valence-electron chi connectivity index (χ1n) is 7.69. The number of nitrogens with one attached hydrogen (secondary N) is 1. The predicted octanol–water partition coefficient (Wildman–Crippen LogP) is 3.42. The lowest BCUT2D eigenvalue weighted by Gasteiger charge is -2.18. The zero-order valence-corrected chi connectivity index (χ0v) is 13.5. The van der Waals surface area contributed by atoms with E-state index in [0.29, 0.717) is 27.7 Å². The number of pyridine rings is 1. The summed E-state index contributed by atoms with van der Waals surface area (Å²) in [5.41, 5.74) is 9.12. The molecule has 0 aliphatic heterocycles. The topological polar surface area (TPSA) is 68.0 Å². The van der Waals surface area contributed by atoms with Crippen molar-refractivity contribution < 1.29 is 9.18 Å². The van der Waals surface area contributed by atoms with E-state index in [9.17, 15) is 9.18 Å². The number of halogens is 1. The molecule has 3 N–H and O–H groups in total. The van der Waals surface area contributed by atoms with Crippen molar-refractivity contribution in [1.29, 1.82) is 0 Å². The average Bonchev–Trinajstić information content (AvgIpc) is 2.60. The molecule has 0 spiro atoms. The minimum atomic E-state index is -0.415. The highest BCUT2D eigenvalue weighted by Gasteiger charge is 2.23. The smallest absolute Gasteiger partial charge is 0.252 e. The van der Waals surface area contributed by atoms with Crippen LogP contribution < -0.4 is 11.1 Å². The van der Waals surface area contributed by atoms with Gasteiger partial charge in [-0.1, -0.05) is 30.3 Å². The zero-order chi connectivity index (χ0) is 17.3. The Morgan fingerprint density at radius 3 is 2.54 bits per heavy atom. The molecule has 1 heterocycles. The number of hydrogen-bond acceptors (Lipinski definition) is 3. The van der Waals surface area contributed by atoms with Gasteiger partial charge in [0.25, 0.3) is 5.91 Å². The van der Waals surface area contributed by atoms with Crippen LogP contribution >= 0.6 is 0 Å². The van der Waals surface area contributed by atoms with Gasteiger partial charge in [-0.25, -0.2) is 4.39 Å². The Hall–Kier alpha value is -2.79. The Balaban J connectivity index is 2.50. The number of benzene rings is 2. The molecule has 0 fully saturated rings. The summed E-state index contributed by atoms with van der Waals surface area (Å²) in [6.45, 7) is 1.82. The van der Waals surface area contributed by atoms with Crippen LogP contribution in [0.15, 0.2) is 48.5 Å². The fraction of sp³-hybridized carbons (Fsp3) is 0.158. The van der Waals surface area contributed by atoms with Gasteiger partial charge in [0.2, 0.25) is 0 Å². The number of nitrogens with two attached hydrogens (primary N) is 1. The molecule has 3 aromatic rings. The number of carbonyl (C=O) groups excluding carboxylic acids is 1. The van der Waals surface area contributed by atoms with Crippen LogP contribution in [-0.4, -0.2) is 17.9 Å².